The summed E-state index contributed by atoms with van der Waals surface area (Å²) in [5.41, 5.74) is 0.302. The van der Waals surface area contributed by atoms with Crippen molar-refractivity contribution in [2.75, 3.05) is 0 Å². The molecular formula is C13H12O4. The molecule has 0 aliphatic heterocycles. The molecule has 0 atom stereocenters. The maximum absolute atomic E-state index is 11.0. The van der Waals surface area contributed by atoms with Gasteiger partial charge in [0.25, 0.3) is 0 Å². The van der Waals surface area contributed by atoms with Crippen LogP contribution in [0.25, 0.3) is 0 Å². The van der Waals surface area contributed by atoms with Crippen molar-refractivity contribution in [1.82, 2.24) is 0 Å². The molecule has 2 aromatic heterocycles. The van der Waals surface area contributed by atoms with Gasteiger partial charge in [-0.15, -0.1) is 0 Å². The number of aliphatic carboxylic acids is 1. The van der Waals surface area contributed by atoms with E-state index in [-0.39, 0.29) is 6.42 Å². The fourth-order valence-corrected chi connectivity index (χ4v) is 1.49. The first kappa shape index (κ1) is 11.3. The van der Waals surface area contributed by atoms with E-state index in [0.717, 1.165) is 5.76 Å². The van der Waals surface area contributed by atoms with Crippen molar-refractivity contribution in [3.8, 4) is 0 Å². The minimum absolute atomic E-state index is 0.281. The molecule has 88 valence electrons. The number of carboxylic acid groups (broad SMARTS) is 1. The quantitative estimate of drug-likeness (QED) is 0.805. The topological polar surface area (TPSA) is 63.6 Å². The fourth-order valence-electron chi connectivity index (χ4n) is 1.49. The van der Waals surface area contributed by atoms with Gasteiger partial charge in [-0.1, -0.05) is 6.08 Å². The Bertz CT molecular complexity index is 492. The Hall–Kier alpha value is -2.23. The summed E-state index contributed by atoms with van der Waals surface area (Å²) in [5.74, 6) is 0.439. The van der Waals surface area contributed by atoms with Crippen LogP contribution in [0.15, 0.2) is 57.3 Å². The Labute approximate surface area is 98.2 Å². The predicted octanol–water partition coefficient (Wildman–Crippen LogP) is 2.67. The maximum Gasteiger partial charge on any atom is 0.331 e. The third-order valence-electron chi connectivity index (χ3n) is 2.35. The Kier molecular flexibility index (Phi) is 3.45. The zero-order valence-corrected chi connectivity index (χ0v) is 9.13. The van der Waals surface area contributed by atoms with Gasteiger partial charge in [-0.25, -0.2) is 4.79 Å². The largest absolute Gasteiger partial charge is 0.478 e. The molecule has 0 aromatic carbocycles. The number of rotatable bonds is 5. The van der Waals surface area contributed by atoms with Gasteiger partial charge < -0.3 is 13.9 Å². The van der Waals surface area contributed by atoms with Crippen LogP contribution < -0.4 is 0 Å². The van der Waals surface area contributed by atoms with Crippen LogP contribution in [0.4, 0.5) is 0 Å². The molecule has 0 saturated heterocycles. The van der Waals surface area contributed by atoms with Gasteiger partial charge in [0, 0.05) is 18.4 Å². The lowest BCUT2D eigenvalue weighted by molar-refractivity contribution is -0.132. The summed E-state index contributed by atoms with van der Waals surface area (Å²) < 4.78 is 10.3. The summed E-state index contributed by atoms with van der Waals surface area (Å²) in [6, 6.07) is 7.07. The van der Waals surface area contributed by atoms with Crippen LogP contribution in [0.3, 0.4) is 0 Å². The molecular weight excluding hydrogens is 220 g/mol. The van der Waals surface area contributed by atoms with Gasteiger partial charge in [-0.3, -0.25) is 0 Å². The molecule has 0 saturated carbocycles. The molecule has 2 aromatic rings. The summed E-state index contributed by atoms with van der Waals surface area (Å²) in [5, 5.41) is 9.06. The van der Waals surface area contributed by atoms with Gasteiger partial charge >= 0.3 is 5.97 Å². The Morgan fingerprint density at radius 2 is 1.82 bits per heavy atom. The van der Waals surface area contributed by atoms with Crippen molar-refractivity contribution in [2.24, 2.45) is 0 Å². The number of furan rings is 2. The molecule has 0 unspecified atom stereocenters. The number of hydrogen-bond acceptors (Lipinski definition) is 3. The van der Waals surface area contributed by atoms with Gasteiger partial charge in [0.15, 0.2) is 0 Å². The zero-order valence-electron chi connectivity index (χ0n) is 9.13. The highest BCUT2D eigenvalue weighted by molar-refractivity contribution is 5.86. The molecule has 0 aliphatic rings. The minimum atomic E-state index is -0.937. The third kappa shape index (κ3) is 3.11. The molecule has 17 heavy (non-hydrogen) atoms. The summed E-state index contributed by atoms with van der Waals surface area (Å²) in [4.78, 5) is 11.0. The molecule has 1 N–H and O–H groups in total. The average molecular weight is 232 g/mol. The van der Waals surface area contributed by atoms with Gasteiger partial charge in [-0.2, -0.15) is 0 Å². The Morgan fingerprint density at radius 3 is 2.35 bits per heavy atom. The Balaban J connectivity index is 2.06. The molecule has 2 rings (SSSR count). The van der Waals surface area contributed by atoms with Crippen molar-refractivity contribution >= 4 is 5.97 Å². The second-order valence-electron chi connectivity index (χ2n) is 3.57. The van der Waals surface area contributed by atoms with Crippen LogP contribution in [-0.4, -0.2) is 11.1 Å². The second-order valence-corrected chi connectivity index (χ2v) is 3.57. The van der Waals surface area contributed by atoms with E-state index in [9.17, 15) is 4.79 Å². The molecule has 0 amide bonds. The first-order valence-corrected chi connectivity index (χ1v) is 5.23. The van der Waals surface area contributed by atoms with E-state index < -0.39 is 5.97 Å². The normalized spacial score (nSPS) is 11.6. The van der Waals surface area contributed by atoms with Crippen molar-refractivity contribution in [1.29, 1.82) is 0 Å². The van der Waals surface area contributed by atoms with Crippen LogP contribution >= 0.6 is 0 Å². The molecule has 4 heteroatoms. The number of hydrogen-bond donors (Lipinski definition) is 1. The Morgan fingerprint density at radius 1 is 1.18 bits per heavy atom. The first-order chi connectivity index (χ1) is 8.25. The van der Waals surface area contributed by atoms with E-state index in [2.05, 4.69) is 0 Å². The lowest BCUT2D eigenvalue weighted by atomic mass is 10.1. The van der Waals surface area contributed by atoms with Crippen LogP contribution in [0.2, 0.25) is 0 Å². The summed E-state index contributed by atoms with van der Waals surface area (Å²) in [6.07, 6.45) is 5.49. The SMILES string of the molecule is O=C(O)C(=CCc1ccco1)Cc1ccco1. The molecule has 2 heterocycles. The lowest BCUT2D eigenvalue weighted by Crippen LogP contribution is -2.04. The summed E-state index contributed by atoms with van der Waals surface area (Å²) >= 11 is 0. The van der Waals surface area contributed by atoms with E-state index in [1.165, 1.54) is 6.26 Å². The van der Waals surface area contributed by atoms with Gasteiger partial charge in [-0.05, 0) is 24.3 Å². The average Bonchev–Trinajstić information content (AvgIpc) is 2.97. The van der Waals surface area contributed by atoms with Crippen molar-refractivity contribution in [2.45, 2.75) is 12.8 Å². The van der Waals surface area contributed by atoms with E-state index in [4.69, 9.17) is 13.9 Å². The molecule has 0 fully saturated rings. The van der Waals surface area contributed by atoms with Crippen molar-refractivity contribution < 1.29 is 18.7 Å². The van der Waals surface area contributed by atoms with Crippen molar-refractivity contribution in [3.63, 3.8) is 0 Å². The third-order valence-corrected chi connectivity index (χ3v) is 2.35. The highest BCUT2D eigenvalue weighted by Crippen LogP contribution is 2.11. The summed E-state index contributed by atoms with van der Waals surface area (Å²) in [7, 11) is 0. The monoisotopic (exact) mass is 232 g/mol. The van der Waals surface area contributed by atoms with Crippen LogP contribution in [-0.2, 0) is 17.6 Å². The van der Waals surface area contributed by atoms with Crippen molar-refractivity contribution in [3.05, 3.63) is 60.0 Å². The van der Waals surface area contributed by atoms with Crippen LogP contribution in [0.5, 0.6) is 0 Å². The number of carbonyl (C=O) groups is 1. The van der Waals surface area contributed by atoms with Crippen LogP contribution in [0.1, 0.15) is 11.5 Å². The highest BCUT2D eigenvalue weighted by atomic mass is 16.4. The summed E-state index contributed by atoms with van der Waals surface area (Å²) in [6.45, 7) is 0. The smallest absolute Gasteiger partial charge is 0.331 e. The lowest BCUT2D eigenvalue weighted by Gasteiger charge is -1.99. The van der Waals surface area contributed by atoms with E-state index in [0.29, 0.717) is 17.8 Å². The highest BCUT2D eigenvalue weighted by Gasteiger charge is 2.10. The van der Waals surface area contributed by atoms with E-state index in [1.807, 2.05) is 6.07 Å². The molecule has 0 radical (unpaired) electrons. The van der Waals surface area contributed by atoms with Crippen LogP contribution in [0, 0.1) is 0 Å². The molecule has 0 spiro atoms. The minimum Gasteiger partial charge on any atom is -0.478 e. The van der Waals surface area contributed by atoms with Gasteiger partial charge in [0.2, 0.25) is 0 Å². The standard InChI is InChI=1S/C13H12O4/c14-13(15)10(9-12-4-2-8-17-12)5-6-11-3-1-7-16-11/h1-5,7-8H,6,9H2,(H,14,15). The first-order valence-electron chi connectivity index (χ1n) is 5.23. The molecule has 0 aliphatic carbocycles. The zero-order chi connectivity index (χ0) is 12.1. The molecule has 0 bridgehead atoms. The van der Waals surface area contributed by atoms with E-state index >= 15 is 0 Å². The number of allylic oxidation sites excluding steroid dienone is 1. The van der Waals surface area contributed by atoms with E-state index in [1.54, 1.807) is 30.5 Å². The maximum atomic E-state index is 11.0. The second kappa shape index (κ2) is 5.21. The van der Waals surface area contributed by atoms with Gasteiger partial charge in [0.1, 0.15) is 11.5 Å². The van der Waals surface area contributed by atoms with Gasteiger partial charge in [0.05, 0.1) is 12.5 Å². The number of carboxylic acids is 1. The molecule has 4 nitrogen and oxygen atoms in total. The fraction of sp³-hybridized carbons (Fsp3) is 0.154. The predicted molar refractivity (Wildman–Crippen MR) is 60.5 cm³/mol.